The second-order valence-corrected chi connectivity index (χ2v) is 7.30. The first kappa shape index (κ1) is 20.6. The summed E-state index contributed by atoms with van der Waals surface area (Å²) in [6, 6.07) is 8.80. The summed E-state index contributed by atoms with van der Waals surface area (Å²) in [5.74, 6) is 1.38. The van der Waals surface area contributed by atoms with Gasteiger partial charge in [0.2, 0.25) is 0 Å². The number of rotatable bonds is 6. The molecule has 1 saturated heterocycles. The summed E-state index contributed by atoms with van der Waals surface area (Å²) in [7, 11) is 3.22. The maximum Gasteiger partial charge on any atom is 0.293 e. The molecular formula is C21H23N5O5. The van der Waals surface area contributed by atoms with Crippen LogP contribution in [-0.4, -0.2) is 60.2 Å². The van der Waals surface area contributed by atoms with Crippen molar-refractivity contribution < 1.29 is 14.4 Å². The number of nitro groups is 1. The number of methoxy groups -OCH3 is 2. The van der Waals surface area contributed by atoms with E-state index in [-0.39, 0.29) is 16.6 Å². The van der Waals surface area contributed by atoms with Crippen LogP contribution in [0.2, 0.25) is 0 Å². The Hall–Kier alpha value is -3.66. The van der Waals surface area contributed by atoms with Crippen molar-refractivity contribution in [3.8, 4) is 11.5 Å². The number of H-pyrrole nitrogens is 1. The molecule has 1 N–H and O–H groups in total. The standard InChI is InChI=1S/C21H23N5O5/c1-30-19-4-3-14(9-20(19)31-2)12-24-5-7-25(8-6-24)17-11-16-15(10-18(17)26(28)29)21(27)23-13-22-16/h3-4,9-11,13H,5-8,12H2,1-2H3,(H,22,23,27). The van der Waals surface area contributed by atoms with Gasteiger partial charge in [0.05, 0.1) is 36.4 Å². The van der Waals surface area contributed by atoms with Crippen molar-refractivity contribution in [1.29, 1.82) is 0 Å². The zero-order valence-electron chi connectivity index (χ0n) is 17.3. The SMILES string of the molecule is COc1ccc(CN2CCN(c3cc4nc[nH]c(=O)c4cc3[N+](=O)[O-])CC2)cc1OC. The number of hydrogen-bond acceptors (Lipinski definition) is 8. The average molecular weight is 425 g/mol. The molecule has 31 heavy (non-hydrogen) atoms. The maximum atomic E-state index is 12.0. The molecule has 0 amide bonds. The number of nitro benzene ring substituents is 1. The van der Waals surface area contributed by atoms with Gasteiger partial charge in [-0.15, -0.1) is 0 Å². The summed E-state index contributed by atoms with van der Waals surface area (Å²) in [6.07, 6.45) is 1.31. The second kappa shape index (κ2) is 8.60. The van der Waals surface area contributed by atoms with Gasteiger partial charge in [-0.3, -0.25) is 19.8 Å². The highest BCUT2D eigenvalue weighted by Gasteiger charge is 2.25. The second-order valence-electron chi connectivity index (χ2n) is 7.30. The molecule has 1 aliphatic heterocycles. The lowest BCUT2D eigenvalue weighted by Gasteiger charge is -2.35. The van der Waals surface area contributed by atoms with E-state index in [2.05, 4.69) is 14.9 Å². The van der Waals surface area contributed by atoms with E-state index >= 15 is 0 Å². The molecule has 2 aromatic carbocycles. The van der Waals surface area contributed by atoms with Gasteiger partial charge in [-0.1, -0.05) is 6.07 Å². The molecule has 0 saturated carbocycles. The Kier molecular flexibility index (Phi) is 5.72. The van der Waals surface area contributed by atoms with Gasteiger partial charge in [0.1, 0.15) is 5.69 Å². The van der Waals surface area contributed by atoms with Crippen LogP contribution in [-0.2, 0) is 6.54 Å². The fraction of sp³-hybridized carbons (Fsp3) is 0.333. The Morgan fingerprint density at radius 1 is 1.10 bits per heavy atom. The van der Waals surface area contributed by atoms with Crippen molar-refractivity contribution >= 4 is 22.3 Å². The third kappa shape index (κ3) is 4.15. The minimum absolute atomic E-state index is 0.0839. The Morgan fingerprint density at radius 3 is 2.52 bits per heavy atom. The zero-order chi connectivity index (χ0) is 22.0. The molecule has 162 valence electrons. The number of aromatic amines is 1. The van der Waals surface area contributed by atoms with E-state index in [1.807, 2.05) is 23.1 Å². The Bertz CT molecular complexity index is 1170. The molecule has 0 aliphatic carbocycles. The zero-order valence-corrected chi connectivity index (χ0v) is 17.3. The highest BCUT2D eigenvalue weighted by Crippen LogP contribution is 2.32. The molecule has 3 aromatic rings. The first-order valence-corrected chi connectivity index (χ1v) is 9.84. The van der Waals surface area contributed by atoms with Gasteiger partial charge in [0.15, 0.2) is 11.5 Å². The molecule has 0 unspecified atom stereocenters. The lowest BCUT2D eigenvalue weighted by Crippen LogP contribution is -2.46. The monoisotopic (exact) mass is 425 g/mol. The van der Waals surface area contributed by atoms with Crippen LogP contribution < -0.4 is 19.9 Å². The molecule has 0 radical (unpaired) electrons. The van der Waals surface area contributed by atoms with Crippen LogP contribution in [0.1, 0.15) is 5.56 Å². The first-order valence-electron chi connectivity index (χ1n) is 9.84. The van der Waals surface area contributed by atoms with Crippen LogP contribution in [0.25, 0.3) is 10.9 Å². The smallest absolute Gasteiger partial charge is 0.293 e. The largest absolute Gasteiger partial charge is 0.493 e. The summed E-state index contributed by atoms with van der Waals surface area (Å²) in [4.78, 5) is 34.1. The molecule has 1 aromatic heterocycles. The molecule has 4 rings (SSSR count). The van der Waals surface area contributed by atoms with E-state index in [0.717, 1.165) is 25.2 Å². The van der Waals surface area contributed by atoms with E-state index in [4.69, 9.17) is 9.47 Å². The summed E-state index contributed by atoms with van der Waals surface area (Å²) in [5, 5.41) is 11.9. The Balaban J connectivity index is 1.51. The van der Waals surface area contributed by atoms with Crippen LogP contribution in [0, 0.1) is 10.1 Å². The predicted octanol–water partition coefficient (Wildman–Crippen LogP) is 2.17. The highest BCUT2D eigenvalue weighted by atomic mass is 16.6. The number of benzene rings is 2. The minimum atomic E-state index is -0.447. The molecule has 0 atom stereocenters. The number of anilines is 1. The van der Waals surface area contributed by atoms with Gasteiger partial charge in [-0.05, 0) is 23.8 Å². The fourth-order valence-electron chi connectivity index (χ4n) is 3.88. The van der Waals surface area contributed by atoms with E-state index < -0.39 is 4.92 Å². The van der Waals surface area contributed by atoms with Crippen molar-refractivity contribution in [3.63, 3.8) is 0 Å². The molecule has 10 heteroatoms. The molecular weight excluding hydrogens is 402 g/mol. The van der Waals surface area contributed by atoms with Crippen molar-refractivity contribution in [2.45, 2.75) is 6.54 Å². The fourth-order valence-corrected chi connectivity index (χ4v) is 3.88. The molecule has 10 nitrogen and oxygen atoms in total. The number of nitrogens with one attached hydrogen (secondary N) is 1. The number of hydrogen-bond donors (Lipinski definition) is 1. The lowest BCUT2D eigenvalue weighted by atomic mass is 10.1. The van der Waals surface area contributed by atoms with Crippen molar-refractivity contribution in [1.82, 2.24) is 14.9 Å². The molecule has 1 aliphatic rings. The quantitative estimate of drug-likeness (QED) is 0.472. The summed E-state index contributed by atoms with van der Waals surface area (Å²) < 4.78 is 10.7. The lowest BCUT2D eigenvalue weighted by molar-refractivity contribution is -0.384. The van der Waals surface area contributed by atoms with Crippen LogP contribution in [0.3, 0.4) is 0 Å². The number of piperazine rings is 1. The maximum absolute atomic E-state index is 12.0. The number of fused-ring (bicyclic) bond motifs is 1. The summed E-state index contributed by atoms with van der Waals surface area (Å²) in [6.45, 7) is 3.48. The van der Waals surface area contributed by atoms with E-state index in [1.165, 1.54) is 12.4 Å². The third-order valence-corrected chi connectivity index (χ3v) is 5.50. The molecule has 0 spiro atoms. The summed E-state index contributed by atoms with van der Waals surface area (Å²) >= 11 is 0. The predicted molar refractivity (Wildman–Crippen MR) is 116 cm³/mol. The molecule has 0 bridgehead atoms. The van der Waals surface area contributed by atoms with Crippen LogP contribution >= 0.6 is 0 Å². The van der Waals surface area contributed by atoms with Crippen LogP contribution in [0.4, 0.5) is 11.4 Å². The van der Waals surface area contributed by atoms with Gasteiger partial charge in [0.25, 0.3) is 11.2 Å². The normalized spacial score (nSPS) is 14.6. The summed E-state index contributed by atoms with van der Waals surface area (Å²) in [5.41, 5.74) is 1.56. The van der Waals surface area contributed by atoms with Gasteiger partial charge >= 0.3 is 0 Å². The third-order valence-electron chi connectivity index (χ3n) is 5.50. The van der Waals surface area contributed by atoms with Gasteiger partial charge in [-0.2, -0.15) is 0 Å². The van der Waals surface area contributed by atoms with Crippen LogP contribution in [0.15, 0.2) is 41.5 Å². The van der Waals surface area contributed by atoms with Gasteiger partial charge < -0.3 is 19.4 Å². The van der Waals surface area contributed by atoms with Gasteiger partial charge in [0, 0.05) is 38.8 Å². The van der Waals surface area contributed by atoms with Crippen molar-refractivity contribution in [3.05, 3.63) is 62.7 Å². The minimum Gasteiger partial charge on any atom is -0.493 e. The Morgan fingerprint density at radius 2 is 1.84 bits per heavy atom. The highest BCUT2D eigenvalue weighted by molar-refractivity contribution is 5.87. The van der Waals surface area contributed by atoms with Crippen molar-refractivity contribution in [2.24, 2.45) is 0 Å². The van der Waals surface area contributed by atoms with E-state index in [1.54, 1.807) is 20.3 Å². The van der Waals surface area contributed by atoms with Crippen LogP contribution in [0.5, 0.6) is 11.5 Å². The molecule has 1 fully saturated rings. The first-order chi connectivity index (χ1) is 15.0. The number of nitrogens with zero attached hydrogens (tertiary/aromatic N) is 4. The molecule has 2 heterocycles. The Labute approximate surface area is 178 Å². The van der Waals surface area contributed by atoms with E-state index in [9.17, 15) is 14.9 Å². The number of ether oxygens (including phenoxy) is 2. The van der Waals surface area contributed by atoms with Crippen molar-refractivity contribution in [2.75, 3.05) is 45.3 Å². The number of aromatic nitrogens is 2. The topological polar surface area (TPSA) is 114 Å². The van der Waals surface area contributed by atoms with Gasteiger partial charge in [-0.25, -0.2) is 4.98 Å². The average Bonchev–Trinajstić information content (AvgIpc) is 2.79. The van der Waals surface area contributed by atoms with E-state index in [0.29, 0.717) is 35.8 Å².